The van der Waals surface area contributed by atoms with Gasteiger partial charge in [-0.05, 0) is 6.42 Å². The summed E-state index contributed by atoms with van der Waals surface area (Å²) in [6.45, 7) is 1.96. The van der Waals surface area contributed by atoms with Crippen molar-refractivity contribution in [2.45, 2.75) is 6.42 Å². The summed E-state index contributed by atoms with van der Waals surface area (Å²) in [5.74, 6) is 0.204. The van der Waals surface area contributed by atoms with E-state index in [1.165, 1.54) is 0 Å². The van der Waals surface area contributed by atoms with E-state index in [1.807, 2.05) is 0 Å². The van der Waals surface area contributed by atoms with E-state index in [0.29, 0.717) is 19.1 Å². The van der Waals surface area contributed by atoms with Crippen molar-refractivity contribution >= 4 is 9.84 Å². The molecule has 0 unspecified atom stereocenters. The number of hydrogen-bond donors (Lipinski definition) is 0. The van der Waals surface area contributed by atoms with Gasteiger partial charge in [-0.3, -0.25) is 0 Å². The minimum Gasteiger partial charge on any atom is -0.381 e. The summed E-state index contributed by atoms with van der Waals surface area (Å²) in [6.07, 6.45) is 2.14. The van der Waals surface area contributed by atoms with Crippen molar-refractivity contribution in [2.24, 2.45) is 5.92 Å². The van der Waals surface area contributed by atoms with E-state index in [4.69, 9.17) is 9.47 Å². The summed E-state index contributed by atoms with van der Waals surface area (Å²) in [5.41, 5.74) is 0. The second-order valence-electron chi connectivity index (χ2n) is 3.14. The Balaban J connectivity index is 2.09. The first-order valence-electron chi connectivity index (χ1n) is 3.91. The normalized spacial score (nSPS) is 24.6. The summed E-state index contributed by atoms with van der Waals surface area (Å²) in [4.78, 5) is 0. The third kappa shape index (κ3) is 4.04. The molecule has 12 heavy (non-hydrogen) atoms. The van der Waals surface area contributed by atoms with Crippen LogP contribution in [0.5, 0.6) is 0 Å². The predicted molar refractivity (Wildman–Crippen MR) is 44.6 cm³/mol. The molecule has 1 rings (SSSR count). The van der Waals surface area contributed by atoms with Crippen LogP contribution in [0.4, 0.5) is 0 Å². The maximum Gasteiger partial charge on any atom is 0.171 e. The zero-order chi connectivity index (χ0) is 9.03. The molecule has 5 heteroatoms. The summed E-state index contributed by atoms with van der Waals surface area (Å²) >= 11 is 0. The van der Waals surface area contributed by atoms with Crippen molar-refractivity contribution < 1.29 is 17.9 Å². The molecule has 0 aliphatic carbocycles. The molecule has 1 atom stereocenters. The SMILES string of the molecule is CS(=O)(=O)COC[C@@H]1CCOC1. The lowest BCUT2D eigenvalue weighted by molar-refractivity contribution is 0.117. The Bertz CT molecular complexity index is 216. The fourth-order valence-electron chi connectivity index (χ4n) is 1.08. The van der Waals surface area contributed by atoms with Crippen LogP contribution in [0.15, 0.2) is 0 Å². The Labute approximate surface area is 72.8 Å². The molecule has 72 valence electrons. The Morgan fingerprint density at radius 2 is 2.33 bits per heavy atom. The van der Waals surface area contributed by atoms with Gasteiger partial charge in [-0.25, -0.2) is 8.42 Å². The molecular formula is C7H14O4S. The highest BCUT2D eigenvalue weighted by Gasteiger charge is 2.16. The molecule has 0 N–H and O–H groups in total. The molecule has 1 heterocycles. The zero-order valence-electron chi connectivity index (χ0n) is 7.15. The third-order valence-corrected chi connectivity index (χ3v) is 2.27. The molecule has 0 bridgehead atoms. The fourth-order valence-corrected chi connectivity index (χ4v) is 1.48. The van der Waals surface area contributed by atoms with Gasteiger partial charge in [0.05, 0.1) is 13.2 Å². The van der Waals surface area contributed by atoms with Gasteiger partial charge in [-0.1, -0.05) is 0 Å². The molecule has 1 saturated heterocycles. The molecule has 0 aromatic rings. The van der Waals surface area contributed by atoms with E-state index >= 15 is 0 Å². The van der Waals surface area contributed by atoms with E-state index < -0.39 is 9.84 Å². The standard InChI is InChI=1S/C7H14O4S/c1-12(8,9)6-11-5-7-2-3-10-4-7/h7H,2-6H2,1H3/t7-/m1/s1. The Kier molecular flexibility index (Phi) is 3.49. The lowest BCUT2D eigenvalue weighted by atomic mass is 10.1. The number of rotatable bonds is 4. The van der Waals surface area contributed by atoms with Gasteiger partial charge >= 0.3 is 0 Å². The molecule has 0 saturated carbocycles. The van der Waals surface area contributed by atoms with Crippen LogP contribution in [0.25, 0.3) is 0 Å². The van der Waals surface area contributed by atoms with Gasteiger partial charge in [0.25, 0.3) is 0 Å². The van der Waals surface area contributed by atoms with Crippen LogP contribution in [-0.2, 0) is 19.3 Å². The Hall–Kier alpha value is -0.130. The quantitative estimate of drug-likeness (QED) is 0.634. The van der Waals surface area contributed by atoms with Crippen LogP contribution in [0.2, 0.25) is 0 Å². The minimum atomic E-state index is -2.98. The van der Waals surface area contributed by atoms with Crippen LogP contribution in [0, 0.1) is 5.92 Å². The predicted octanol–water partition coefficient (Wildman–Crippen LogP) is 0.0416. The van der Waals surface area contributed by atoms with Crippen LogP contribution >= 0.6 is 0 Å². The number of sulfone groups is 1. The lowest BCUT2D eigenvalue weighted by Gasteiger charge is -2.06. The summed E-state index contributed by atoms with van der Waals surface area (Å²) in [6, 6.07) is 0. The van der Waals surface area contributed by atoms with Crippen molar-refractivity contribution in [1.82, 2.24) is 0 Å². The van der Waals surface area contributed by atoms with Crippen molar-refractivity contribution in [3.63, 3.8) is 0 Å². The fraction of sp³-hybridized carbons (Fsp3) is 1.00. The zero-order valence-corrected chi connectivity index (χ0v) is 7.97. The first-order valence-corrected chi connectivity index (χ1v) is 5.97. The van der Waals surface area contributed by atoms with Crippen molar-refractivity contribution in [3.8, 4) is 0 Å². The monoisotopic (exact) mass is 194 g/mol. The summed E-state index contributed by atoms with van der Waals surface area (Å²) in [7, 11) is -2.98. The molecule has 0 aromatic carbocycles. The number of hydrogen-bond acceptors (Lipinski definition) is 4. The van der Waals surface area contributed by atoms with E-state index in [-0.39, 0.29) is 5.94 Å². The van der Waals surface area contributed by atoms with Crippen molar-refractivity contribution in [1.29, 1.82) is 0 Å². The molecule has 1 aliphatic rings. The maximum atomic E-state index is 10.6. The highest BCUT2D eigenvalue weighted by Crippen LogP contribution is 2.12. The van der Waals surface area contributed by atoms with Crippen molar-refractivity contribution in [2.75, 3.05) is 32.0 Å². The first-order chi connectivity index (χ1) is 5.58. The van der Waals surface area contributed by atoms with Crippen molar-refractivity contribution in [3.05, 3.63) is 0 Å². The largest absolute Gasteiger partial charge is 0.381 e. The van der Waals surface area contributed by atoms with E-state index in [0.717, 1.165) is 19.3 Å². The lowest BCUT2D eigenvalue weighted by Crippen LogP contribution is -2.14. The van der Waals surface area contributed by atoms with Gasteiger partial charge in [-0.2, -0.15) is 0 Å². The first kappa shape index (κ1) is 9.95. The van der Waals surface area contributed by atoms with E-state index in [1.54, 1.807) is 0 Å². The maximum absolute atomic E-state index is 10.6. The van der Waals surface area contributed by atoms with Gasteiger partial charge in [0.15, 0.2) is 9.84 Å². The van der Waals surface area contributed by atoms with E-state index in [9.17, 15) is 8.42 Å². The van der Waals surface area contributed by atoms with E-state index in [2.05, 4.69) is 0 Å². The third-order valence-electron chi connectivity index (χ3n) is 1.67. The average molecular weight is 194 g/mol. The van der Waals surface area contributed by atoms with Crippen LogP contribution in [0.1, 0.15) is 6.42 Å². The van der Waals surface area contributed by atoms with Crippen LogP contribution in [0.3, 0.4) is 0 Å². The molecule has 1 aliphatic heterocycles. The van der Waals surface area contributed by atoms with Crippen LogP contribution < -0.4 is 0 Å². The van der Waals surface area contributed by atoms with Gasteiger partial charge in [0.2, 0.25) is 0 Å². The van der Waals surface area contributed by atoms with Gasteiger partial charge < -0.3 is 9.47 Å². The topological polar surface area (TPSA) is 52.6 Å². The molecule has 0 radical (unpaired) electrons. The number of ether oxygens (including phenoxy) is 2. The Morgan fingerprint density at radius 3 is 2.83 bits per heavy atom. The molecule has 0 aromatic heterocycles. The summed E-state index contributed by atoms with van der Waals surface area (Å²) in [5, 5.41) is 0. The average Bonchev–Trinajstić information content (AvgIpc) is 2.36. The smallest absolute Gasteiger partial charge is 0.171 e. The molecular weight excluding hydrogens is 180 g/mol. The van der Waals surface area contributed by atoms with Gasteiger partial charge in [0, 0.05) is 18.8 Å². The van der Waals surface area contributed by atoms with Crippen LogP contribution in [-0.4, -0.2) is 40.4 Å². The molecule has 4 nitrogen and oxygen atoms in total. The Morgan fingerprint density at radius 1 is 1.58 bits per heavy atom. The molecule has 0 spiro atoms. The van der Waals surface area contributed by atoms with Gasteiger partial charge in [0.1, 0.15) is 5.94 Å². The second-order valence-corrected chi connectivity index (χ2v) is 5.23. The highest BCUT2D eigenvalue weighted by atomic mass is 32.2. The van der Waals surface area contributed by atoms with Gasteiger partial charge in [-0.15, -0.1) is 0 Å². The second kappa shape index (κ2) is 4.20. The summed E-state index contributed by atoms with van der Waals surface area (Å²) < 4.78 is 31.4. The highest BCUT2D eigenvalue weighted by molar-refractivity contribution is 7.90. The molecule has 0 amide bonds. The molecule has 1 fully saturated rings. The minimum absolute atomic E-state index is 0.177.